The van der Waals surface area contributed by atoms with Crippen molar-refractivity contribution in [3.05, 3.63) is 0 Å². The van der Waals surface area contributed by atoms with Crippen LogP contribution in [0, 0.1) is 0 Å². The second-order valence-electron chi connectivity index (χ2n) is 4.66. The number of esters is 1. The van der Waals surface area contributed by atoms with Gasteiger partial charge in [0.1, 0.15) is 15.9 Å². The zero-order valence-electron chi connectivity index (χ0n) is 12.1. The molecule has 5 nitrogen and oxygen atoms in total. The van der Waals surface area contributed by atoms with Crippen LogP contribution in [0.4, 0.5) is 0 Å². The number of hydrogen-bond donors (Lipinski definition) is 1. The summed E-state index contributed by atoms with van der Waals surface area (Å²) in [5.74, 6) is 1.24. The van der Waals surface area contributed by atoms with E-state index >= 15 is 0 Å². The maximum Gasteiger partial charge on any atom is 0.323 e. The number of carbonyl (C=O) groups is 1. The van der Waals surface area contributed by atoms with E-state index in [9.17, 15) is 13.2 Å². The molecule has 1 atom stereocenters. The molecule has 0 rings (SSSR count). The van der Waals surface area contributed by atoms with Crippen LogP contribution in [-0.2, 0) is 19.4 Å². The Balaban J connectivity index is 4.02. The van der Waals surface area contributed by atoms with Crippen LogP contribution >= 0.6 is 11.8 Å². The summed E-state index contributed by atoms with van der Waals surface area (Å²) in [7, 11) is -2.90. The molecule has 0 aliphatic heterocycles. The highest BCUT2D eigenvalue weighted by Crippen LogP contribution is 2.08. The minimum Gasteiger partial charge on any atom is -0.465 e. The van der Waals surface area contributed by atoms with Crippen LogP contribution in [0.15, 0.2) is 0 Å². The van der Waals surface area contributed by atoms with Crippen LogP contribution in [0.2, 0.25) is 0 Å². The summed E-state index contributed by atoms with van der Waals surface area (Å²) in [6, 6.07) is -0.110. The third-order valence-corrected chi connectivity index (χ3v) is 4.48. The van der Waals surface area contributed by atoms with Crippen LogP contribution < -0.4 is 5.32 Å². The molecule has 0 aromatic heterocycles. The van der Waals surface area contributed by atoms with Crippen LogP contribution in [0.1, 0.15) is 27.2 Å². The van der Waals surface area contributed by atoms with Gasteiger partial charge >= 0.3 is 5.97 Å². The number of rotatable bonds is 10. The number of sulfone groups is 1. The van der Waals surface area contributed by atoms with Crippen molar-refractivity contribution in [3.8, 4) is 0 Å². The van der Waals surface area contributed by atoms with E-state index < -0.39 is 9.84 Å². The molecular formula is C12H25NO4S2. The highest BCUT2D eigenvalue weighted by atomic mass is 32.2. The van der Waals surface area contributed by atoms with Crippen molar-refractivity contribution in [2.24, 2.45) is 0 Å². The normalized spacial score (nSPS) is 13.5. The summed E-state index contributed by atoms with van der Waals surface area (Å²) >= 11 is 1.54. The first kappa shape index (κ1) is 18.7. The molecule has 1 unspecified atom stereocenters. The molecule has 1 N–H and O–H groups in total. The molecule has 0 aromatic rings. The van der Waals surface area contributed by atoms with E-state index in [-0.39, 0.29) is 23.8 Å². The van der Waals surface area contributed by atoms with E-state index in [1.54, 1.807) is 18.7 Å². The lowest BCUT2D eigenvalue weighted by molar-refractivity contribution is -0.145. The molecule has 7 heteroatoms. The largest absolute Gasteiger partial charge is 0.465 e. The van der Waals surface area contributed by atoms with Gasteiger partial charge in [-0.15, -0.1) is 0 Å². The van der Waals surface area contributed by atoms with Gasteiger partial charge in [0.05, 0.1) is 12.4 Å². The van der Waals surface area contributed by atoms with E-state index in [2.05, 4.69) is 5.32 Å². The molecule has 19 heavy (non-hydrogen) atoms. The Bertz CT molecular complexity index is 355. The average molecular weight is 311 g/mol. The van der Waals surface area contributed by atoms with Crippen molar-refractivity contribution < 1.29 is 17.9 Å². The van der Waals surface area contributed by atoms with Crippen LogP contribution in [0.25, 0.3) is 0 Å². The third kappa shape index (κ3) is 11.3. The minimum atomic E-state index is -2.90. The summed E-state index contributed by atoms with van der Waals surface area (Å²) in [6.07, 6.45) is 1.88. The van der Waals surface area contributed by atoms with Crippen molar-refractivity contribution in [1.82, 2.24) is 5.32 Å². The molecule has 0 heterocycles. The highest BCUT2D eigenvalue weighted by Gasteiger charge is 2.19. The summed E-state index contributed by atoms with van der Waals surface area (Å²) in [5, 5.41) is 3.17. The van der Waals surface area contributed by atoms with Gasteiger partial charge in [0.15, 0.2) is 0 Å². The van der Waals surface area contributed by atoms with Crippen molar-refractivity contribution >= 4 is 27.6 Å². The monoisotopic (exact) mass is 311 g/mol. The molecule has 114 valence electrons. The van der Waals surface area contributed by atoms with Gasteiger partial charge in [-0.05, 0) is 19.1 Å². The van der Waals surface area contributed by atoms with E-state index in [1.165, 1.54) is 6.26 Å². The lowest BCUT2D eigenvalue weighted by atomic mass is 10.2. The Kier molecular flexibility index (Phi) is 9.47. The fraction of sp³-hybridized carbons (Fsp3) is 0.917. The molecule has 0 aromatic carbocycles. The number of carbonyl (C=O) groups excluding carboxylic acids is 1. The minimum absolute atomic E-state index is 0.180. The molecular weight excluding hydrogens is 286 g/mol. The van der Waals surface area contributed by atoms with Crippen LogP contribution in [0.3, 0.4) is 0 Å². The topological polar surface area (TPSA) is 72.5 Å². The number of ether oxygens (including phenoxy) is 1. The quantitative estimate of drug-likeness (QED) is 0.481. The van der Waals surface area contributed by atoms with Gasteiger partial charge in [-0.3, -0.25) is 4.79 Å². The van der Waals surface area contributed by atoms with E-state index in [1.807, 2.05) is 13.8 Å². The average Bonchev–Trinajstić information content (AvgIpc) is 2.25. The Morgan fingerprint density at radius 3 is 2.42 bits per heavy atom. The van der Waals surface area contributed by atoms with Gasteiger partial charge in [0.25, 0.3) is 0 Å². The first-order valence-corrected chi connectivity index (χ1v) is 9.66. The fourth-order valence-corrected chi connectivity index (χ4v) is 3.72. The van der Waals surface area contributed by atoms with Crippen molar-refractivity contribution in [2.75, 3.05) is 30.1 Å². The molecule has 0 saturated heterocycles. The molecule has 0 radical (unpaired) electrons. The SMILES string of the molecule is CCOC(=O)C(CCSCCS(C)(=O)=O)NC(C)C. The maximum atomic E-state index is 11.7. The molecule has 0 aliphatic carbocycles. The molecule has 0 aliphatic rings. The molecule has 0 amide bonds. The van der Waals surface area contributed by atoms with Gasteiger partial charge < -0.3 is 10.1 Å². The van der Waals surface area contributed by atoms with E-state index in [4.69, 9.17) is 4.74 Å². The lowest BCUT2D eigenvalue weighted by Gasteiger charge is -2.19. The van der Waals surface area contributed by atoms with Crippen molar-refractivity contribution in [3.63, 3.8) is 0 Å². The summed E-state index contributed by atoms with van der Waals surface area (Å²) < 4.78 is 26.9. The first-order valence-electron chi connectivity index (χ1n) is 6.44. The fourth-order valence-electron chi connectivity index (χ4n) is 1.43. The molecule has 0 spiro atoms. The summed E-state index contributed by atoms with van der Waals surface area (Å²) in [6.45, 7) is 6.10. The number of thioether (sulfide) groups is 1. The third-order valence-electron chi connectivity index (χ3n) is 2.25. The van der Waals surface area contributed by atoms with Crippen molar-refractivity contribution in [2.45, 2.75) is 39.3 Å². The van der Waals surface area contributed by atoms with Crippen LogP contribution in [-0.4, -0.2) is 56.6 Å². The Morgan fingerprint density at radius 1 is 1.32 bits per heavy atom. The standard InChI is InChI=1S/C12H25NO4S2/c1-5-17-12(14)11(13-10(2)3)6-7-18-8-9-19(4,15)16/h10-11,13H,5-9H2,1-4H3. The van der Waals surface area contributed by atoms with Gasteiger partial charge in [0, 0.05) is 18.1 Å². The zero-order valence-corrected chi connectivity index (χ0v) is 13.8. The van der Waals surface area contributed by atoms with Gasteiger partial charge in [-0.25, -0.2) is 8.42 Å². The second kappa shape index (κ2) is 9.61. The number of hydrogen-bond acceptors (Lipinski definition) is 6. The molecule has 0 bridgehead atoms. The zero-order chi connectivity index (χ0) is 14.9. The first-order chi connectivity index (χ1) is 8.76. The van der Waals surface area contributed by atoms with E-state index in [0.29, 0.717) is 18.8 Å². The predicted octanol–water partition coefficient (Wildman–Crippen LogP) is 1.08. The number of nitrogens with one attached hydrogen (secondary N) is 1. The Hall–Kier alpha value is -0.270. The summed E-state index contributed by atoms with van der Waals surface area (Å²) in [4.78, 5) is 11.7. The highest BCUT2D eigenvalue weighted by molar-refractivity contribution is 8.00. The predicted molar refractivity (Wildman–Crippen MR) is 80.3 cm³/mol. The lowest BCUT2D eigenvalue weighted by Crippen LogP contribution is -2.42. The Labute approximate surface area is 120 Å². The van der Waals surface area contributed by atoms with Gasteiger partial charge in [-0.2, -0.15) is 11.8 Å². The molecule has 0 saturated carbocycles. The second-order valence-corrected chi connectivity index (χ2v) is 8.14. The van der Waals surface area contributed by atoms with Gasteiger partial charge in [-0.1, -0.05) is 13.8 Å². The Morgan fingerprint density at radius 2 is 1.95 bits per heavy atom. The maximum absolute atomic E-state index is 11.7. The van der Waals surface area contributed by atoms with E-state index in [0.717, 1.165) is 5.75 Å². The smallest absolute Gasteiger partial charge is 0.323 e. The van der Waals surface area contributed by atoms with Crippen LogP contribution in [0.5, 0.6) is 0 Å². The summed E-state index contributed by atoms with van der Waals surface area (Å²) in [5.41, 5.74) is 0. The molecule has 0 fully saturated rings. The van der Waals surface area contributed by atoms with Gasteiger partial charge in [0.2, 0.25) is 0 Å². The van der Waals surface area contributed by atoms with Crippen molar-refractivity contribution in [1.29, 1.82) is 0 Å².